The minimum absolute atomic E-state index is 0.231. The fourth-order valence-electron chi connectivity index (χ4n) is 1.38. The van der Waals surface area contributed by atoms with Crippen molar-refractivity contribution >= 4 is 23.1 Å². The van der Waals surface area contributed by atoms with E-state index in [1.807, 2.05) is 24.6 Å². The first-order valence-electron chi connectivity index (χ1n) is 6.14. The number of rotatable bonds is 5. The van der Waals surface area contributed by atoms with E-state index in [-0.39, 0.29) is 5.78 Å². The van der Waals surface area contributed by atoms with E-state index in [2.05, 4.69) is 5.32 Å². The van der Waals surface area contributed by atoms with Gasteiger partial charge in [0.2, 0.25) is 0 Å². The highest BCUT2D eigenvalue weighted by Gasteiger charge is 2.04. The lowest BCUT2D eigenvalue weighted by Crippen LogP contribution is -2.12. The molecule has 0 atom stereocenters. The van der Waals surface area contributed by atoms with Crippen molar-refractivity contribution in [1.82, 2.24) is 5.32 Å². The Balaban J connectivity index is 0.000000204. The fraction of sp³-hybridized carbons (Fsp3) is 0.200. The van der Waals surface area contributed by atoms with Crippen molar-refractivity contribution < 1.29 is 14.7 Å². The lowest BCUT2D eigenvalue weighted by molar-refractivity contribution is 0.0696. The van der Waals surface area contributed by atoms with Crippen LogP contribution in [0.15, 0.2) is 47.8 Å². The van der Waals surface area contributed by atoms with E-state index in [1.165, 1.54) is 11.3 Å². The predicted octanol–water partition coefficient (Wildman–Crippen LogP) is 2.93. The molecular weight excluding hydrogens is 274 g/mol. The maximum atomic E-state index is 11.2. The van der Waals surface area contributed by atoms with Gasteiger partial charge in [-0.1, -0.05) is 24.3 Å². The summed E-state index contributed by atoms with van der Waals surface area (Å²) >= 11 is 1.50. The average Bonchev–Trinajstić information content (AvgIpc) is 3.00. The number of carboxylic acid groups (broad SMARTS) is 1. The van der Waals surface area contributed by atoms with Crippen LogP contribution in [0.1, 0.15) is 26.5 Å². The molecule has 0 radical (unpaired) electrons. The minimum Gasteiger partial charge on any atom is -0.478 e. The Bertz CT molecular complexity index is 523. The molecule has 1 aromatic heterocycles. The quantitative estimate of drug-likeness (QED) is 0.831. The van der Waals surface area contributed by atoms with Gasteiger partial charge in [-0.15, -0.1) is 11.3 Å². The Hall–Kier alpha value is -1.98. The Morgan fingerprint density at radius 3 is 2.30 bits per heavy atom. The molecule has 2 rings (SSSR count). The van der Waals surface area contributed by atoms with Crippen LogP contribution in [0.4, 0.5) is 0 Å². The molecule has 20 heavy (non-hydrogen) atoms. The summed E-state index contributed by atoms with van der Waals surface area (Å²) in [7, 11) is 1.85. The van der Waals surface area contributed by atoms with Crippen LogP contribution in [0, 0.1) is 0 Å². The van der Waals surface area contributed by atoms with Crippen LogP contribution in [0.3, 0.4) is 0 Å². The second kappa shape index (κ2) is 9.01. The topological polar surface area (TPSA) is 66.4 Å². The lowest BCUT2D eigenvalue weighted by Gasteiger charge is -1.95. The maximum absolute atomic E-state index is 11.2. The van der Waals surface area contributed by atoms with Gasteiger partial charge in [-0.05, 0) is 30.6 Å². The number of carbonyl (C=O) groups is 2. The van der Waals surface area contributed by atoms with Crippen molar-refractivity contribution in [2.45, 2.75) is 6.42 Å². The maximum Gasteiger partial charge on any atom is 0.335 e. The Kier molecular flexibility index (Phi) is 7.24. The van der Waals surface area contributed by atoms with E-state index < -0.39 is 5.97 Å². The molecule has 106 valence electrons. The molecule has 0 amide bonds. The molecule has 0 unspecified atom stereocenters. The summed E-state index contributed by atoms with van der Waals surface area (Å²) in [5.74, 6) is -0.648. The summed E-state index contributed by atoms with van der Waals surface area (Å²) in [5, 5.41) is 13.3. The molecule has 0 aliphatic carbocycles. The zero-order chi connectivity index (χ0) is 14.8. The first-order chi connectivity index (χ1) is 9.65. The van der Waals surface area contributed by atoms with Crippen LogP contribution in [0.25, 0.3) is 0 Å². The van der Waals surface area contributed by atoms with Gasteiger partial charge in [0.05, 0.1) is 10.4 Å². The zero-order valence-corrected chi connectivity index (χ0v) is 12.0. The summed E-state index contributed by atoms with van der Waals surface area (Å²) in [6.45, 7) is 0.761. The van der Waals surface area contributed by atoms with E-state index in [4.69, 9.17) is 5.11 Å². The van der Waals surface area contributed by atoms with Gasteiger partial charge in [0.1, 0.15) is 0 Å². The monoisotopic (exact) mass is 291 g/mol. The molecule has 0 spiro atoms. The number of thiophene rings is 1. The summed E-state index contributed by atoms with van der Waals surface area (Å²) in [6.07, 6.45) is 0.594. The van der Waals surface area contributed by atoms with Gasteiger partial charge in [0.15, 0.2) is 5.78 Å². The molecule has 0 bridgehead atoms. The smallest absolute Gasteiger partial charge is 0.335 e. The predicted molar refractivity (Wildman–Crippen MR) is 80.6 cm³/mol. The van der Waals surface area contributed by atoms with E-state index in [0.717, 1.165) is 11.4 Å². The summed E-state index contributed by atoms with van der Waals surface area (Å²) < 4.78 is 0. The van der Waals surface area contributed by atoms with Crippen molar-refractivity contribution in [2.75, 3.05) is 13.6 Å². The number of carboxylic acids is 1. The Labute approximate surface area is 122 Å². The molecule has 2 N–H and O–H groups in total. The van der Waals surface area contributed by atoms with Gasteiger partial charge in [-0.25, -0.2) is 4.79 Å². The first kappa shape index (κ1) is 16.1. The van der Waals surface area contributed by atoms with Crippen LogP contribution in [-0.2, 0) is 0 Å². The van der Waals surface area contributed by atoms with Crippen LogP contribution < -0.4 is 5.32 Å². The molecule has 0 aliphatic rings. The van der Waals surface area contributed by atoms with E-state index in [1.54, 1.807) is 30.3 Å². The number of carbonyl (C=O) groups excluding carboxylic acids is 1. The number of aromatic carboxylic acids is 1. The number of hydrogen-bond donors (Lipinski definition) is 2. The van der Waals surface area contributed by atoms with Crippen molar-refractivity contribution in [1.29, 1.82) is 0 Å². The molecule has 0 saturated carbocycles. The SMILES string of the molecule is CNCCC(=O)c1cccs1.O=C(O)c1ccccc1. The fourth-order valence-corrected chi connectivity index (χ4v) is 2.07. The van der Waals surface area contributed by atoms with E-state index in [9.17, 15) is 9.59 Å². The van der Waals surface area contributed by atoms with Crippen molar-refractivity contribution in [3.05, 3.63) is 58.3 Å². The number of hydrogen-bond acceptors (Lipinski definition) is 4. The number of nitrogens with one attached hydrogen (secondary N) is 1. The van der Waals surface area contributed by atoms with Crippen molar-refractivity contribution in [3.8, 4) is 0 Å². The normalized spacial score (nSPS) is 9.45. The molecule has 5 heteroatoms. The highest BCUT2D eigenvalue weighted by Crippen LogP contribution is 2.10. The van der Waals surface area contributed by atoms with Crippen LogP contribution >= 0.6 is 11.3 Å². The average molecular weight is 291 g/mol. The minimum atomic E-state index is -0.879. The largest absolute Gasteiger partial charge is 0.478 e. The van der Waals surface area contributed by atoms with Gasteiger partial charge < -0.3 is 10.4 Å². The van der Waals surface area contributed by atoms with Gasteiger partial charge in [-0.3, -0.25) is 4.79 Å². The van der Waals surface area contributed by atoms with Gasteiger partial charge in [0, 0.05) is 13.0 Å². The molecule has 2 aromatic rings. The second-order valence-electron chi connectivity index (χ2n) is 3.93. The molecular formula is C15H17NO3S. The zero-order valence-electron chi connectivity index (χ0n) is 11.2. The van der Waals surface area contributed by atoms with Crippen LogP contribution in [0.2, 0.25) is 0 Å². The highest BCUT2D eigenvalue weighted by molar-refractivity contribution is 7.12. The third-order valence-electron chi connectivity index (χ3n) is 2.42. The first-order valence-corrected chi connectivity index (χ1v) is 7.02. The number of Topliss-reactive ketones (excluding diaryl/α,β-unsaturated/α-hetero) is 1. The second-order valence-corrected chi connectivity index (χ2v) is 4.87. The van der Waals surface area contributed by atoms with Crippen LogP contribution in [0.5, 0.6) is 0 Å². The van der Waals surface area contributed by atoms with Gasteiger partial charge in [0.25, 0.3) is 0 Å². The third kappa shape index (κ3) is 5.77. The van der Waals surface area contributed by atoms with Crippen LogP contribution in [-0.4, -0.2) is 30.5 Å². The van der Waals surface area contributed by atoms with Gasteiger partial charge in [-0.2, -0.15) is 0 Å². The third-order valence-corrected chi connectivity index (χ3v) is 3.33. The molecule has 1 heterocycles. The number of benzene rings is 1. The van der Waals surface area contributed by atoms with E-state index >= 15 is 0 Å². The standard InChI is InChI=1S/C8H11NOS.C7H6O2/c1-9-5-4-7(10)8-3-2-6-11-8;8-7(9)6-4-2-1-3-5-6/h2-3,6,9H,4-5H2,1H3;1-5H,(H,8,9). The molecule has 4 nitrogen and oxygen atoms in total. The number of ketones is 1. The van der Waals surface area contributed by atoms with E-state index in [0.29, 0.717) is 12.0 Å². The molecule has 0 aliphatic heterocycles. The highest BCUT2D eigenvalue weighted by atomic mass is 32.1. The molecule has 0 fully saturated rings. The summed E-state index contributed by atoms with van der Waals surface area (Å²) in [4.78, 5) is 22.3. The Morgan fingerprint density at radius 2 is 1.85 bits per heavy atom. The molecule has 0 saturated heterocycles. The summed E-state index contributed by atoms with van der Waals surface area (Å²) in [6, 6.07) is 12.1. The lowest BCUT2D eigenvalue weighted by atomic mass is 10.2. The molecule has 1 aromatic carbocycles. The summed E-state index contributed by atoms with van der Waals surface area (Å²) in [5.41, 5.74) is 0.331. The van der Waals surface area contributed by atoms with Gasteiger partial charge >= 0.3 is 5.97 Å². The van der Waals surface area contributed by atoms with Crippen molar-refractivity contribution in [2.24, 2.45) is 0 Å². The Morgan fingerprint density at radius 1 is 1.15 bits per heavy atom. The van der Waals surface area contributed by atoms with Crippen molar-refractivity contribution in [3.63, 3.8) is 0 Å².